The Morgan fingerprint density at radius 1 is 1.13 bits per heavy atom. The van der Waals surface area contributed by atoms with Crippen LogP contribution in [0, 0.1) is 23.2 Å². The van der Waals surface area contributed by atoms with Crippen LogP contribution in [0.5, 0.6) is 0 Å². The molecule has 0 heterocycles. The standard InChI is InChI=1S/C19H23ClN2O/c20-17-3-1-13(2-4-17)12-21-22-18(23)11-19-8-14-5-15(9-19)7-16(6-14)10-19/h1-4,12,14-16H,5-11H2,(H,22,23)/b21-12-. The van der Waals surface area contributed by atoms with E-state index in [0.717, 1.165) is 23.3 Å². The zero-order valence-corrected chi connectivity index (χ0v) is 14.1. The molecule has 4 heteroatoms. The predicted octanol–water partition coefficient (Wildman–Crippen LogP) is 4.40. The lowest BCUT2D eigenvalue weighted by atomic mass is 9.49. The van der Waals surface area contributed by atoms with Gasteiger partial charge in [0.15, 0.2) is 0 Å². The van der Waals surface area contributed by atoms with Crippen molar-refractivity contribution >= 4 is 23.7 Å². The number of carbonyl (C=O) groups is 1. The van der Waals surface area contributed by atoms with Gasteiger partial charge in [-0.2, -0.15) is 5.10 Å². The largest absolute Gasteiger partial charge is 0.273 e. The molecule has 0 aliphatic heterocycles. The molecule has 0 radical (unpaired) electrons. The molecule has 0 saturated heterocycles. The second kappa shape index (κ2) is 5.94. The number of nitrogens with zero attached hydrogens (tertiary/aromatic N) is 1. The van der Waals surface area contributed by atoms with E-state index < -0.39 is 0 Å². The highest BCUT2D eigenvalue weighted by Gasteiger charge is 2.51. The van der Waals surface area contributed by atoms with E-state index in [9.17, 15) is 4.79 Å². The van der Waals surface area contributed by atoms with Gasteiger partial charge in [-0.05, 0) is 79.4 Å². The van der Waals surface area contributed by atoms with Gasteiger partial charge >= 0.3 is 0 Å². The van der Waals surface area contributed by atoms with Crippen LogP contribution in [-0.4, -0.2) is 12.1 Å². The molecular weight excluding hydrogens is 308 g/mol. The minimum Gasteiger partial charge on any atom is -0.273 e. The zero-order chi connectivity index (χ0) is 15.9. The van der Waals surface area contributed by atoms with Gasteiger partial charge in [0.05, 0.1) is 6.21 Å². The average molecular weight is 331 g/mol. The van der Waals surface area contributed by atoms with Crippen molar-refractivity contribution in [2.75, 3.05) is 0 Å². The molecule has 1 aromatic carbocycles. The summed E-state index contributed by atoms with van der Waals surface area (Å²) in [6.45, 7) is 0. The highest BCUT2D eigenvalue weighted by molar-refractivity contribution is 6.30. The van der Waals surface area contributed by atoms with E-state index in [4.69, 9.17) is 11.6 Å². The molecule has 1 amide bonds. The Balaban J connectivity index is 1.34. The fourth-order valence-electron chi connectivity index (χ4n) is 5.61. The first-order valence-corrected chi connectivity index (χ1v) is 9.05. The molecule has 4 fully saturated rings. The summed E-state index contributed by atoms with van der Waals surface area (Å²) in [5.74, 6) is 2.71. The first-order valence-electron chi connectivity index (χ1n) is 8.68. The van der Waals surface area contributed by atoms with E-state index in [1.54, 1.807) is 6.21 Å². The number of hydrogen-bond donors (Lipinski definition) is 1. The molecule has 0 spiro atoms. The van der Waals surface area contributed by atoms with Gasteiger partial charge < -0.3 is 0 Å². The average Bonchev–Trinajstić information content (AvgIpc) is 2.47. The summed E-state index contributed by atoms with van der Waals surface area (Å²) in [4.78, 5) is 12.3. The number of benzene rings is 1. The molecule has 23 heavy (non-hydrogen) atoms. The van der Waals surface area contributed by atoms with Crippen LogP contribution in [-0.2, 0) is 4.79 Å². The molecule has 0 aromatic heterocycles. The number of halogens is 1. The van der Waals surface area contributed by atoms with Gasteiger partial charge in [-0.1, -0.05) is 23.7 Å². The van der Waals surface area contributed by atoms with Crippen LogP contribution in [0.25, 0.3) is 0 Å². The number of amides is 1. The van der Waals surface area contributed by atoms with Crippen molar-refractivity contribution in [3.63, 3.8) is 0 Å². The Morgan fingerprint density at radius 2 is 1.70 bits per heavy atom. The van der Waals surface area contributed by atoms with E-state index >= 15 is 0 Å². The summed E-state index contributed by atoms with van der Waals surface area (Å²) in [5.41, 5.74) is 3.93. The minimum atomic E-state index is 0.0668. The summed E-state index contributed by atoms with van der Waals surface area (Å²) < 4.78 is 0. The fourth-order valence-corrected chi connectivity index (χ4v) is 5.74. The maximum Gasteiger partial charge on any atom is 0.240 e. The number of hydrazone groups is 1. The number of carbonyl (C=O) groups excluding carboxylic acids is 1. The lowest BCUT2D eigenvalue weighted by molar-refractivity contribution is -0.129. The summed E-state index contributed by atoms with van der Waals surface area (Å²) in [7, 11) is 0. The first kappa shape index (κ1) is 15.2. The highest BCUT2D eigenvalue weighted by Crippen LogP contribution is 2.61. The van der Waals surface area contributed by atoms with Crippen molar-refractivity contribution < 1.29 is 4.79 Å². The van der Waals surface area contributed by atoms with Gasteiger partial charge in [0.25, 0.3) is 0 Å². The first-order chi connectivity index (χ1) is 11.1. The van der Waals surface area contributed by atoms with Crippen LogP contribution in [0.15, 0.2) is 29.4 Å². The second-order valence-electron chi connectivity index (χ2n) is 7.94. The lowest BCUT2D eigenvalue weighted by Gasteiger charge is -2.56. The number of hydrogen-bond acceptors (Lipinski definition) is 2. The smallest absolute Gasteiger partial charge is 0.240 e. The quantitative estimate of drug-likeness (QED) is 0.645. The predicted molar refractivity (Wildman–Crippen MR) is 92.4 cm³/mol. The molecule has 1 N–H and O–H groups in total. The summed E-state index contributed by atoms with van der Waals surface area (Å²) in [5, 5.41) is 4.80. The van der Waals surface area contributed by atoms with Crippen LogP contribution >= 0.6 is 11.6 Å². The molecule has 122 valence electrons. The second-order valence-corrected chi connectivity index (χ2v) is 8.38. The van der Waals surface area contributed by atoms with Crippen LogP contribution in [0.4, 0.5) is 0 Å². The van der Waals surface area contributed by atoms with E-state index in [0.29, 0.717) is 11.4 Å². The van der Waals surface area contributed by atoms with Gasteiger partial charge in [0.2, 0.25) is 5.91 Å². The molecule has 1 aromatic rings. The molecule has 4 aliphatic carbocycles. The molecule has 3 nitrogen and oxygen atoms in total. The van der Waals surface area contributed by atoms with Crippen molar-refractivity contribution in [1.82, 2.24) is 5.43 Å². The topological polar surface area (TPSA) is 41.5 Å². The maximum absolute atomic E-state index is 12.3. The van der Waals surface area contributed by atoms with Gasteiger partial charge in [0, 0.05) is 11.4 Å². The third kappa shape index (κ3) is 3.30. The molecule has 4 saturated carbocycles. The molecule has 5 rings (SSSR count). The highest BCUT2D eigenvalue weighted by atomic mass is 35.5. The third-order valence-electron chi connectivity index (χ3n) is 5.97. The Kier molecular flexibility index (Phi) is 3.92. The SMILES string of the molecule is O=C(CC12CC3CC(CC(C3)C1)C2)N/N=C\c1ccc(Cl)cc1. The molecule has 0 unspecified atom stereocenters. The van der Waals surface area contributed by atoms with Crippen LogP contribution < -0.4 is 5.43 Å². The Morgan fingerprint density at radius 3 is 2.26 bits per heavy atom. The van der Waals surface area contributed by atoms with Gasteiger partial charge in [0.1, 0.15) is 0 Å². The maximum atomic E-state index is 12.3. The Bertz CT molecular complexity index is 587. The van der Waals surface area contributed by atoms with Crippen molar-refractivity contribution in [3.8, 4) is 0 Å². The zero-order valence-electron chi connectivity index (χ0n) is 13.3. The number of nitrogens with one attached hydrogen (secondary N) is 1. The fraction of sp³-hybridized carbons (Fsp3) is 0.579. The molecule has 4 aliphatic rings. The van der Waals surface area contributed by atoms with E-state index in [1.165, 1.54) is 38.5 Å². The normalized spacial score (nSPS) is 34.9. The van der Waals surface area contributed by atoms with Crippen LogP contribution in [0.3, 0.4) is 0 Å². The van der Waals surface area contributed by atoms with Crippen LogP contribution in [0.1, 0.15) is 50.5 Å². The van der Waals surface area contributed by atoms with Crippen molar-refractivity contribution in [1.29, 1.82) is 0 Å². The lowest BCUT2D eigenvalue weighted by Crippen LogP contribution is -2.47. The van der Waals surface area contributed by atoms with Gasteiger partial charge in [-0.15, -0.1) is 0 Å². The minimum absolute atomic E-state index is 0.0668. The van der Waals surface area contributed by atoms with E-state index in [1.807, 2.05) is 24.3 Å². The third-order valence-corrected chi connectivity index (χ3v) is 6.23. The summed E-state index contributed by atoms with van der Waals surface area (Å²) in [6.07, 6.45) is 10.3. The van der Waals surface area contributed by atoms with Crippen molar-refractivity contribution in [2.45, 2.75) is 44.9 Å². The Hall–Kier alpha value is -1.35. The Labute approximate surface area is 142 Å². The molecule has 4 bridgehead atoms. The van der Waals surface area contributed by atoms with Gasteiger partial charge in [-0.25, -0.2) is 5.43 Å². The van der Waals surface area contributed by atoms with E-state index in [2.05, 4.69) is 10.5 Å². The monoisotopic (exact) mass is 330 g/mol. The van der Waals surface area contributed by atoms with Crippen molar-refractivity contribution in [3.05, 3.63) is 34.9 Å². The molecular formula is C19H23ClN2O. The van der Waals surface area contributed by atoms with Crippen molar-refractivity contribution in [2.24, 2.45) is 28.3 Å². The number of rotatable bonds is 4. The van der Waals surface area contributed by atoms with E-state index in [-0.39, 0.29) is 11.3 Å². The van der Waals surface area contributed by atoms with Gasteiger partial charge in [-0.3, -0.25) is 4.79 Å². The molecule has 0 atom stereocenters. The summed E-state index contributed by atoms with van der Waals surface area (Å²) >= 11 is 5.85. The summed E-state index contributed by atoms with van der Waals surface area (Å²) in [6, 6.07) is 7.41. The van der Waals surface area contributed by atoms with Crippen LogP contribution in [0.2, 0.25) is 5.02 Å².